The molecule has 1 aromatic heterocycles. The molecule has 0 spiro atoms. The van der Waals surface area contributed by atoms with E-state index < -0.39 is 0 Å². The van der Waals surface area contributed by atoms with Crippen LogP contribution in [0.2, 0.25) is 0 Å². The van der Waals surface area contributed by atoms with Gasteiger partial charge in [0.05, 0.1) is 19.8 Å². The molecule has 0 radical (unpaired) electrons. The summed E-state index contributed by atoms with van der Waals surface area (Å²) < 4.78 is 11.0. The van der Waals surface area contributed by atoms with Gasteiger partial charge in [0.2, 0.25) is 0 Å². The summed E-state index contributed by atoms with van der Waals surface area (Å²) >= 11 is 0. The second kappa shape index (κ2) is 4.17. The second-order valence-electron chi connectivity index (χ2n) is 5.16. The van der Waals surface area contributed by atoms with Crippen molar-refractivity contribution in [2.24, 2.45) is 5.41 Å². The lowest BCUT2D eigenvalue weighted by atomic mass is 9.89. The summed E-state index contributed by atoms with van der Waals surface area (Å²) in [7, 11) is 0. The molecule has 1 aliphatic heterocycles. The first-order valence-corrected chi connectivity index (χ1v) is 6.01. The fourth-order valence-electron chi connectivity index (χ4n) is 2.16. The Bertz CT molecular complexity index is 481. The third-order valence-electron chi connectivity index (χ3n) is 3.23. The molecule has 2 heterocycles. The largest absolute Gasteiger partial charge is 0.460 e. The van der Waals surface area contributed by atoms with Crippen LogP contribution in [0.15, 0.2) is 34.7 Å². The topological polar surface area (TPSA) is 34.4 Å². The Morgan fingerprint density at radius 1 is 1.29 bits per heavy atom. The Morgan fingerprint density at radius 3 is 2.82 bits per heavy atom. The van der Waals surface area contributed by atoms with E-state index in [1.54, 1.807) is 0 Å². The van der Waals surface area contributed by atoms with E-state index in [4.69, 9.17) is 9.15 Å². The van der Waals surface area contributed by atoms with Gasteiger partial charge < -0.3 is 14.5 Å². The average Bonchev–Trinajstić information content (AvgIpc) is 2.69. The standard InChI is InChI=1S/C14H17NO2/c1-14(9-16-10-14)8-15-7-12-6-11-4-2-3-5-13(11)17-12/h2-6,15H,7-10H2,1H3. The highest BCUT2D eigenvalue weighted by Gasteiger charge is 2.32. The zero-order valence-electron chi connectivity index (χ0n) is 10.0. The van der Waals surface area contributed by atoms with Crippen molar-refractivity contribution in [1.82, 2.24) is 5.32 Å². The van der Waals surface area contributed by atoms with Gasteiger partial charge in [-0.25, -0.2) is 0 Å². The Kier molecular flexibility index (Phi) is 2.65. The Labute approximate surface area is 101 Å². The highest BCUT2D eigenvalue weighted by Crippen LogP contribution is 2.25. The van der Waals surface area contributed by atoms with Gasteiger partial charge in [-0.15, -0.1) is 0 Å². The van der Waals surface area contributed by atoms with Gasteiger partial charge >= 0.3 is 0 Å². The van der Waals surface area contributed by atoms with Crippen LogP contribution in [0.3, 0.4) is 0 Å². The molecule has 0 aliphatic carbocycles. The van der Waals surface area contributed by atoms with Crippen molar-refractivity contribution in [2.45, 2.75) is 13.5 Å². The van der Waals surface area contributed by atoms with E-state index in [2.05, 4.69) is 24.4 Å². The van der Waals surface area contributed by atoms with Crippen molar-refractivity contribution in [2.75, 3.05) is 19.8 Å². The number of hydrogen-bond donors (Lipinski definition) is 1. The van der Waals surface area contributed by atoms with E-state index in [0.29, 0.717) is 5.41 Å². The molecule has 1 saturated heterocycles. The van der Waals surface area contributed by atoms with E-state index in [9.17, 15) is 0 Å². The van der Waals surface area contributed by atoms with Crippen LogP contribution in [0.5, 0.6) is 0 Å². The zero-order valence-corrected chi connectivity index (χ0v) is 10.0. The first kappa shape index (κ1) is 10.8. The number of nitrogens with one attached hydrogen (secondary N) is 1. The normalized spacial score (nSPS) is 18.2. The van der Waals surface area contributed by atoms with E-state index in [0.717, 1.165) is 37.6 Å². The van der Waals surface area contributed by atoms with Gasteiger partial charge in [-0.1, -0.05) is 25.1 Å². The van der Waals surface area contributed by atoms with Gasteiger partial charge in [0.25, 0.3) is 0 Å². The van der Waals surface area contributed by atoms with E-state index in [1.807, 2.05) is 18.2 Å². The first-order valence-electron chi connectivity index (χ1n) is 6.01. The van der Waals surface area contributed by atoms with Crippen molar-refractivity contribution in [3.63, 3.8) is 0 Å². The predicted molar refractivity (Wildman–Crippen MR) is 66.8 cm³/mol. The molecule has 0 unspecified atom stereocenters. The molecule has 1 fully saturated rings. The van der Waals surface area contributed by atoms with Crippen molar-refractivity contribution < 1.29 is 9.15 Å². The van der Waals surface area contributed by atoms with Crippen LogP contribution in [0.1, 0.15) is 12.7 Å². The summed E-state index contributed by atoms with van der Waals surface area (Å²) in [5, 5.41) is 4.60. The van der Waals surface area contributed by atoms with Crippen LogP contribution in [0.25, 0.3) is 11.0 Å². The summed E-state index contributed by atoms with van der Waals surface area (Å²) in [6.45, 7) is 5.72. The number of benzene rings is 1. The van der Waals surface area contributed by atoms with Gasteiger partial charge in [-0.2, -0.15) is 0 Å². The molecule has 3 nitrogen and oxygen atoms in total. The van der Waals surface area contributed by atoms with Crippen molar-refractivity contribution in [3.05, 3.63) is 36.1 Å². The van der Waals surface area contributed by atoms with Gasteiger partial charge in [-0.05, 0) is 12.1 Å². The van der Waals surface area contributed by atoms with Crippen molar-refractivity contribution in [1.29, 1.82) is 0 Å². The molecule has 0 bridgehead atoms. The smallest absolute Gasteiger partial charge is 0.134 e. The lowest BCUT2D eigenvalue weighted by Gasteiger charge is -2.38. The summed E-state index contributed by atoms with van der Waals surface area (Å²) in [6.07, 6.45) is 0. The van der Waals surface area contributed by atoms with Crippen LogP contribution in [0, 0.1) is 5.41 Å². The molecule has 0 amide bonds. The van der Waals surface area contributed by atoms with Gasteiger partial charge in [0.15, 0.2) is 0 Å². The second-order valence-corrected chi connectivity index (χ2v) is 5.16. The van der Waals surface area contributed by atoms with Crippen LogP contribution in [0.4, 0.5) is 0 Å². The predicted octanol–water partition coefficient (Wildman–Crippen LogP) is 2.56. The maximum atomic E-state index is 5.74. The number of fused-ring (bicyclic) bond motifs is 1. The number of hydrogen-bond acceptors (Lipinski definition) is 3. The molecule has 1 aliphatic rings. The highest BCUT2D eigenvalue weighted by atomic mass is 16.5. The molecule has 0 saturated carbocycles. The van der Waals surface area contributed by atoms with Crippen LogP contribution < -0.4 is 5.32 Å². The third kappa shape index (κ3) is 2.21. The fourth-order valence-corrected chi connectivity index (χ4v) is 2.16. The van der Waals surface area contributed by atoms with E-state index >= 15 is 0 Å². The fraction of sp³-hybridized carbons (Fsp3) is 0.429. The Balaban J connectivity index is 1.61. The molecule has 3 rings (SSSR count). The van der Waals surface area contributed by atoms with Gasteiger partial charge in [-0.3, -0.25) is 0 Å². The maximum absolute atomic E-state index is 5.74. The van der Waals surface area contributed by atoms with E-state index in [-0.39, 0.29) is 0 Å². The minimum absolute atomic E-state index is 0.312. The number of para-hydroxylation sites is 1. The van der Waals surface area contributed by atoms with Crippen LogP contribution in [-0.2, 0) is 11.3 Å². The average molecular weight is 231 g/mol. The molecular formula is C14H17NO2. The van der Waals surface area contributed by atoms with Crippen LogP contribution in [-0.4, -0.2) is 19.8 Å². The number of ether oxygens (including phenoxy) is 1. The molecular weight excluding hydrogens is 214 g/mol. The van der Waals surface area contributed by atoms with E-state index in [1.165, 1.54) is 5.39 Å². The monoisotopic (exact) mass is 231 g/mol. The maximum Gasteiger partial charge on any atom is 0.134 e. The zero-order chi connectivity index (χ0) is 11.7. The first-order chi connectivity index (χ1) is 8.25. The Morgan fingerprint density at radius 2 is 2.12 bits per heavy atom. The summed E-state index contributed by atoms with van der Waals surface area (Å²) in [5.74, 6) is 0.995. The minimum atomic E-state index is 0.312. The van der Waals surface area contributed by atoms with Crippen molar-refractivity contribution in [3.8, 4) is 0 Å². The van der Waals surface area contributed by atoms with Gasteiger partial charge in [0, 0.05) is 17.3 Å². The highest BCUT2D eigenvalue weighted by molar-refractivity contribution is 5.77. The molecule has 1 N–H and O–H groups in total. The lowest BCUT2D eigenvalue weighted by Crippen LogP contribution is -2.47. The summed E-state index contributed by atoms with van der Waals surface area (Å²) in [4.78, 5) is 0. The lowest BCUT2D eigenvalue weighted by molar-refractivity contribution is -0.0992. The molecule has 0 atom stereocenters. The number of rotatable bonds is 4. The molecule has 1 aromatic carbocycles. The summed E-state index contributed by atoms with van der Waals surface area (Å²) in [6, 6.07) is 10.2. The molecule has 90 valence electrons. The SMILES string of the molecule is CC1(CNCc2cc3ccccc3o2)COC1. The quantitative estimate of drug-likeness (QED) is 0.878. The number of furan rings is 1. The molecule has 3 heteroatoms. The molecule has 17 heavy (non-hydrogen) atoms. The Hall–Kier alpha value is -1.32. The van der Waals surface area contributed by atoms with Gasteiger partial charge in [0.1, 0.15) is 11.3 Å². The van der Waals surface area contributed by atoms with Crippen LogP contribution >= 0.6 is 0 Å². The summed E-state index contributed by atoms with van der Waals surface area (Å²) in [5.41, 5.74) is 1.27. The third-order valence-corrected chi connectivity index (χ3v) is 3.23. The minimum Gasteiger partial charge on any atom is -0.460 e. The molecule has 2 aromatic rings. The van der Waals surface area contributed by atoms with Crippen molar-refractivity contribution >= 4 is 11.0 Å².